The fourth-order valence-electron chi connectivity index (χ4n) is 6.93. The van der Waals surface area contributed by atoms with Crippen molar-refractivity contribution in [1.29, 1.82) is 0 Å². The number of benzene rings is 2. The number of nitrogens with two attached hydrogens (primary N) is 1. The number of aryl methyl sites for hydroxylation is 1. The van der Waals surface area contributed by atoms with Gasteiger partial charge >= 0.3 is 23.9 Å². The van der Waals surface area contributed by atoms with Gasteiger partial charge in [-0.2, -0.15) is 0 Å². The Kier molecular flexibility index (Phi) is 25.7. The molecule has 7 amide bonds. The number of nitrogens with one attached hydrogen (secondary N) is 6. The van der Waals surface area contributed by atoms with Crippen LogP contribution >= 0.6 is 0 Å². The largest absolute Gasteiger partial charge is 0.481 e. The number of aliphatic carboxylic acids is 3. The first-order chi connectivity index (χ1) is 33.5. The minimum atomic E-state index is -1.86. The zero-order chi connectivity index (χ0) is 53.2. The van der Waals surface area contributed by atoms with Gasteiger partial charge < -0.3 is 57.7 Å². The average molecular weight is 996 g/mol. The number of ketones is 1. The smallest absolute Gasteiger partial charge is 0.306 e. The van der Waals surface area contributed by atoms with Gasteiger partial charge in [-0.3, -0.25) is 57.5 Å². The normalized spacial score (nSPS) is 13.4. The highest BCUT2D eigenvalue weighted by molar-refractivity contribution is 6.37. The van der Waals surface area contributed by atoms with Gasteiger partial charge in [-0.1, -0.05) is 88.2 Å². The Morgan fingerprint density at radius 1 is 0.563 bits per heavy atom. The van der Waals surface area contributed by atoms with Crippen LogP contribution < -0.4 is 37.6 Å². The van der Waals surface area contributed by atoms with Crippen molar-refractivity contribution in [3.63, 3.8) is 0 Å². The number of hydrogen-bond donors (Lipinski definition) is 10. The molecule has 388 valence electrons. The number of carboxylic acid groups (broad SMARTS) is 3. The second kappa shape index (κ2) is 30.7. The van der Waals surface area contributed by atoms with E-state index in [2.05, 4.69) is 31.9 Å². The van der Waals surface area contributed by atoms with Crippen LogP contribution in [0.3, 0.4) is 0 Å². The van der Waals surface area contributed by atoms with Crippen LogP contribution in [-0.4, -0.2) is 123 Å². The second-order valence-electron chi connectivity index (χ2n) is 17.2. The Hall–Kier alpha value is -7.72. The molecule has 0 spiro atoms. The molecule has 0 aliphatic heterocycles. The highest BCUT2D eigenvalue weighted by Gasteiger charge is 2.35. The summed E-state index contributed by atoms with van der Waals surface area (Å²) in [7, 11) is 0. The second-order valence-corrected chi connectivity index (χ2v) is 17.2. The van der Waals surface area contributed by atoms with E-state index < -0.39 is 152 Å². The third kappa shape index (κ3) is 23.0. The predicted molar refractivity (Wildman–Crippen MR) is 251 cm³/mol. The molecule has 23 heteroatoms. The molecule has 0 radical (unpaired) electrons. The lowest BCUT2D eigenvalue weighted by Gasteiger charge is -2.28. The van der Waals surface area contributed by atoms with Crippen molar-refractivity contribution >= 4 is 71.0 Å². The number of esters is 1. The molecule has 0 aliphatic rings. The van der Waals surface area contributed by atoms with Gasteiger partial charge in [0, 0.05) is 25.7 Å². The van der Waals surface area contributed by atoms with E-state index in [1.165, 1.54) is 0 Å². The first kappa shape index (κ1) is 59.4. The van der Waals surface area contributed by atoms with Gasteiger partial charge in [0.15, 0.2) is 0 Å². The van der Waals surface area contributed by atoms with Crippen molar-refractivity contribution in [3.8, 4) is 0 Å². The number of carbonyl (C=O) groups is 12. The SMILES string of the molecule is CCCC[C@H](NC(=O)[C@H](CC(C)C)NC(=O)[C@H](CCC(=O)OCc1ccccc1)NC(=O)[C@H](Cc1ccccc1C)NC(=O)[C@H](CCC(=O)O)NC(=O)[C@H](CC(=O)O)NC(=O)CCC(=O)O)C(=O)C(N)=O. The van der Waals surface area contributed by atoms with Crippen molar-refractivity contribution in [2.24, 2.45) is 11.7 Å². The number of primary amides is 1. The van der Waals surface area contributed by atoms with E-state index in [9.17, 15) is 67.7 Å². The molecule has 2 rings (SSSR count). The van der Waals surface area contributed by atoms with Gasteiger partial charge in [0.2, 0.25) is 41.2 Å². The van der Waals surface area contributed by atoms with Crippen LogP contribution in [0.5, 0.6) is 0 Å². The molecular weight excluding hydrogens is 931 g/mol. The molecule has 0 unspecified atom stereocenters. The number of hydrogen-bond acceptors (Lipinski definition) is 13. The highest BCUT2D eigenvalue weighted by Crippen LogP contribution is 2.14. The Bertz CT molecular complexity index is 2220. The van der Waals surface area contributed by atoms with Crippen molar-refractivity contribution in [2.75, 3.05) is 0 Å². The molecule has 71 heavy (non-hydrogen) atoms. The fraction of sp³-hybridized carbons (Fsp3) is 0.500. The molecule has 0 aromatic heterocycles. The number of rotatable bonds is 33. The predicted octanol–water partition coefficient (Wildman–Crippen LogP) is 0.465. The summed E-state index contributed by atoms with van der Waals surface area (Å²) < 4.78 is 5.39. The van der Waals surface area contributed by atoms with Crippen LogP contribution in [0.25, 0.3) is 0 Å². The molecule has 0 aliphatic carbocycles. The molecule has 0 saturated carbocycles. The quantitative estimate of drug-likeness (QED) is 0.0343. The molecule has 0 fully saturated rings. The van der Waals surface area contributed by atoms with Crippen LogP contribution in [0.1, 0.15) is 108 Å². The van der Waals surface area contributed by atoms with Crippen LogP contribution in [0.2, 0.25) is 0 Å². The highest BCUT2D eigenvalue weighted by atomic mass is 16.5. The van der Waals surface area contributed by atoms with Gasteiger partial charge in [-0.05, 0) is 55.2 Å². The third-order valence-corrected chi connectivity index (χ3v) is 10.8. The Morgan fingerprint density at radius 2 is 1.07 bits per heavy atom. The summed E-state index contributed by atoms with van der Waals surface area (Å²) in [5, 5.41) is 42.4. The lowest BCUT2D eigenvalue weighted by atomic mass is 9.98. The lowest BCUT2D eigenvalue weighted by molar-refractivity contribution is -0.146. The van der Waals surface area contributed by atoms with E-state index >= 15 is 0 Å². The maximum Gasteiger partial charge on any atom is 0.306 e. The Morgan fingerprint density at radius 3 is 1.62 bits per heavy atom. The standard InChI is InChI=1S/C48H65N7O16/c1-5-6-16-31(42(64)43(49)65)51-46(68)34(23-27(2)3)54-45(67)33(18-22-41(63)71-26-29-13-8-7-9-14-29)53-47(69)35(24-30-15-11-10-12-28(30)4)55-44(66)32(17-20-38(57)58)52-48(70)36(25-40(61)62)50-37(56)19-21-39(59)60/h7-15,27,31-36H,5-6,16-26H2,1-4H3,(H2,49,65)(H,50,56)(H,51,68)(H,52,70)(H,53,69)(H,54,67)(H,55,66)(H,57,58)(H,59,60)(H,61,62)/t31-,32-,33-,34-,35-,36-/m0/s1. The molecule has 23 nitrogen and oxygen atoms in total. The van der Waals surface area contributed by atoms with E-state index in [4.69, 9.17) is 15.6 Å². The summed E-state index contributed by atoms with van der Waals surface area (Å²) in [6.45, 7) is 6.89. The van der Waals surface area contributed by atoms with E-state index in [0.29, 0.717) is 29.5 Å². The van der Waals surface area contributed by atoms with Crippen molar-refractivity contribution in [3.05, 3.63) is 71.3 Å². The van der Waals surface area contributed by atoms with Crippen LogP contribution in [0, 0.1) is 12.8 Å². The summed E-state index contributed by atoms with van der Waals surface area (Å²) in [5.74, 6) is -14.0. The minimum absolute atomic E-state index is 0.00261. The van der Waals surface area contributed by atoms with Crippen LogP contribution in [-0.2, 0) is 75.3 Å². The monoisotopic (exact) mass is 995 g/mol. The Labute approximate surface area is 410 Å². The van der Waals surface area contributed by atoms with Crippen molar-refractivity contribution in [2.45, 2.75) is 148 Å². The molecule has 2 aromatic carbocycles. The fourth-order valence-corrected chi connectivity index (χ4v) is 6.93. The van der Waals surface area contributed by atoms with Crippen molar-refractivity contribution < 1.29 is 77.6 Å². The van der Waals surface area contributed by atoms with Gasteiger partial charge in [-0.25, -0.2) is 0 Å². The van der Waals surface area contributed by atoms with Crippen LogP contribution in [0.4, 0.5) is 0 Å². The molecule has 0 bridgehead atoms. The average Bonchev–Trinajstić information content (AvgIpc) is 3.30. The van der Waals surface area contributed by atoms with E-state index in [1.54, 1.807) is 75.4 Å². The summed E-state index contributed by atoms with van der Waals surface area (Å²) >= 11 is 0. The maximum atomic E-state index is 14.5. The number of ether oxygens (including phenoxy) is 1. The minimum Gasteiger partial charge on any atom is -0.481 e. The van der Waals surface area contributed by atoms with Gasteiger partial charge in [0.05, 0.1) is 18.9 Å². The first-order valence-electron chi connectivity index (χ1n) is 23.0. The van der Waals surface area contributed by atoms with Gasteiger partial charge in [-0.15, -0.1) is 0 Å². The third-order valence-electron chi connectivity index (χ3n) is 10.8. The molecule has 2 aromatic rings. The number of carboxylic acids is 3. The van der Waals surface area contributed by atoms with E-state index in [0.717, 1.165) is 0 Å². The van der Waals surface area contributed by atoms with Gasteiger partial charge in [0.25, 0.3) is 5.91 Å². The summed E-state index contributed by atoms with van der Waals surface area (Å²) in [4.78, 5) is 154. The van der Waals surface area contributed by atoms with Crippen molar-refractivity contribution in [1.82, 2.24) is 31.9 Å². The van der Waals surface area contributed by atoms with Gasteiger partial charge in [0.1, 0.15) is 36.8 Å². The zero-order valence-electron chi connectivity index (χ0n) is 40.2. The van der Waals surface area contributed by atoms with E-state index in [1.807, 2.05) is 6.92 Å². The Balaban J connectivity index is 2.58. The van der Waals surface area contributed by atoms with E-state index in [-0.39, 0.29) is 31.8 Å². The molecule has 0 heterocycles. The number of unbranched alkanes of at least 4 members (excludes halogenated alkanes) is 1. The molecule has 0 saturated heterocycles. The topological polar surface area (TPSA) is 373 Å². The lowest BCUT2D eigenvalue weighted by Crippen LogP contribution is -2.60. The molecule has 6 atom stereocenters. The number of Topliss-reactive ketones (excluding diaryl/α,β-unsaturated/α-hetero) is 1. The number of amides is 7. The molecular formula is C48H65N7O16. The zero-order valence-corrected chi connectivity index (χ0v) is 40.2. The summed E-state index contributed by atoms with van der Waals surface area (Å²) in [5.41, 5.74) is 7.06. The maximum absolute atomic E-state index is 14.5. The van der Waals surface area contributed by atoms with Crippen LogP contribution in [0.15, 0.2) is 54.6 Å². The molecule has 11 N–H and O–H groups in total. The summed E-state index contributed by atoms with van der Waals surface area (Å²) in [6, 6.07) is 5.79. The number of carbonyl (C=O) groups excluding carboxylic acids is 9. The summed E-state index contributed by atoms with van der Waals surface area (Å²) in [6.07, 6.45) is -3.70. The first-order valence-corrected chi connectivity index (χ1v) is 23.0.